The van der Waals surface area contributed by atoms with Gasteiger partial charge in [0.05, 0.1) is 42.0 Å². The van der Waals surface area contributed by atoms with Crippen LogP contribution in [0.3, 0.4) is 0 Å². The smallest absolute Gasteiger partial charge is 0.337 e. The summed E-state index contributed by atoms with van der Waals surface area (Å²) in [6.07, 6.45) is 0. The molecule has 2 heterocycles. The van der Waals surface area contributed by atoms with Crippen molar-refractivity contribution < 1.29 is 14.3 Å². The van der Waals surface area contributed by atoms with Crippen LogP contribution in [-0.2, 0) is 9.53 Å². The molecule has 1 amide bonds. The summed E-state index contributed by atoms with van der Waals surface area (Å²) in [6.45, 7) is 8.71. The van der Waals surface area contributed by atoms with Crippen LogP contribution in [0.2, 0.25) is 0 Å². The average molecular weight is 462 g/mol. The van der Waals surface area contributed by atoms with E-state index in [1.54, 1.807) is 12.1 Å². The van der Waals surface area contributed by atoms with Crippen LogP contribution in [0.5, 0.6) is 0 Å². The third kappa shape index (κ3) is 4.97. The number of nitrogens with zero attached hydrogens (tertiary/aromatic N) is 4. The van der Waals surface area contributed by atoms with Gasteiger partial charge in [-0.2, -0.15) is 5.10 Å². The highest BCUT2D eigenvalue weighted by Gasteiger charge is 2.26. The lowest BCUT2D eigenvalue weighted by atomic mass is 10.1. The topological polar surface area (TPSA) is 79.7 Å². The van der Waals surface area contributed by atoms with E-state index in [0.717, 1.165) is 48.1 Å². The van der Waals surface area contributed by atoms with Crippen molar-refractivity contribution in [3.63, 3.8) is 0 Å². The highest BCUT2D eigenvalue weighted by molar-refractivity contribution is 5.93. The standard InChI is InChI=1S/C26H31N5O3/c1-18-16-30(22-12-10-21(11-13-22)26(33)34-4)15-14-29(18)17-24(32)27-25-19(2)28-31(20(25)3)23-8-6-5-7-9-23/h5-13,18H,14-17H2,1-4H3,(H,27,32). The molecule has 1 aromatic heterocycles. The number of para-hydroxylation sites is 1. The van der Waals surface area contributed by atoms with Gasteiger partial charge in [-0.05, 0) is 57.2 Å². The van der Waals surface area contributed by atoms with Crippen LogP contribution in [0.25, 0.3) is 5.69 Å². The summed E-state index contributed by atoms with van der Waals surface area (Å²) in [5.41, 5.74) is 5.03. The van der Waals surface area contributed by atoms with E-state index >= 15 is 0 Å². The number of anilines is 2. The Bertz CT molecular complexity index is 1160. The van der Waals surface area contributed by atoms with Crippen LogP contribution < -0.4 is 10.2 Å². The number of benzene rings is 2. The van der Waals surface area contributed by atoms with Gasteiger partial charge in [-0.3, -0.25) is 9.69 Å². The van der Waals surface area contributed by atoms with Gasteiger partial charge in [-0.1, -0.05) is 18.2 Å². The van der Waals surface area contributed by atoms with Crippen molar-refractivity contribution in [3.8, 4) is 5.69 Å². The van der Waals surface area contributed by atoms with E-state index in [4.69, 9.17) is 4.74 Å². The molecule has 8 heteroatoms. The summed E-state index contributed by atoms with van der Waals surface area (Å²) < 4.78 is 6.63. The third-order valence-electron chi connectivity index (χ3n) is 6.32. The molecule has 0 radical (unpaired) electrons. The van der Waals surface area contributed by atoms with E-state index in [1.165, 1.54) is 7.11 Å². The van der Waals surface area contributed by atoms with Gasteiger partial charge in [-0.15, -0.1) is 0 Å². The number of methoxy groups -OCH3 is 1. The first kappa shape index (κ1) is 23.5. The van der Waals surface area contributed by atoms with Gasteiger partial charge >= 0.3 is 5.97 Å². The molecule has 0 aliphatic carbocycles. The molecule has 2 aromatic carbocycles. The predicted octanol–water partition coefficient (Wildman–Crippen LogP) is 3.42. The predicted molar refractivity (Wildman–Crippen MR) is 133 cm³/mol. The van der Waals surface area contributed by atoms with Crippen molar-refractivity contribution in [3.05, 3.63) is 71.5 Å². The van der Waals surface area contributed by atoms with Crippen molar-refractivity contribution in [1.82, 2.24) is 14.7 Å². The van der Waals surface area contributed by atoms with Gasteiger partial charge in [0, 0.05) is 31.4 Å². The summed E-state index contributed by atoms with van der Waals surface area (Å²) in [5, 5.41) is 7.69. The Balaban J connectivity index is 1.36. The number of aromatic nitrogens is 2. The molecule has 0 bridgehead atoms. The number of hydrogen-bond donors (Lipinski definition) is 1. The Kier molecular flexibility index (Phi) is 6.98. The zero-order valence-electron chi connectivity index (χ0n) is 20.1. The number of amides is 1. The Labute approximate surface area is 200 Å². The Morgan fingerprint density at radius 3 is 2.38 bits per heavy atom. The largest absolute Gasteiger partial charge is 0.465 e. The van der Waals surface area contributed by atoms with Crippen molar-refractivity contribution in [2.45, 2.75) is 26.8 Å². The van der Waals surface area contributed by atoms with E-state index in [9.17, 15) is 9.59 Å². The van der Waals surface area contributed by atoms with Gasteiger partial charge < -0.3 is 15.0 Å². The summed E-state index contributed by atoms with van der Waals surface area (Å²) >= 11 is 0. The molecule has 3 aromatic rings. The van der Waals surface area contributed by atoms with E-state index in [2.05, 4.69) is 27.1 Å². The number of ether oxygens (including phenoxy) is 1. The molecule has 1 saturated heterocycles. The summed E-state index contributed by atoms with van der Waals surface area (Å²) in [6, 6.07) is 17.6. The van der Waals surface area contributed by atoms with Crippen molar-refractivity contribution in [2.24, 2.45) is 0 Å². The number of esters is 1. The molecule has 34 heavy (non-hydrogen) atoms. The SMILES string of the molecule is COC(=O)c1ccc(N2CCN(CC(=O)Nc3c(C)nn(-c4ccccc4)c3C)C(C)C2)cc1. The number of carbonyl (C=O) groups excluding carboxylic acids is 2. The number of piperazine rings is 1. The number of hydrogen-bond acceptors (Lipinski definition) is 6. The highest BCUT2D eigenvalue weighted by atomic mass is 16.5. The molecule has 8 nitrogen and oxygen atoms in total. The third-order valence-corrected chi connectivity index (χ3v) is 6.32. The average Bonchev–Trinajstić information content (AvgIpc) is 3.13. The lowest BCUT2D eigenvalue weighted by molar-refractivity contribution is -0.117. The molecule has 1 atom stereocenters. The zero-order valence-corrected chi connectivity index (χ0v) is 20.1. The number of nitrogens with one attached hydrogen (secondary N) is 1. The van der Waals surface area contributed by atoms with Gasteiger partial charge in [0.2, 0.25) is 5.91 Å². The summed E-state index contributed by atoms with van der Waals surface area (Å²) in [4.78, 5) is 29.0. The maximum Gasteiger partial charge on any atom is 0.337 e. The normalized spacial score (nSPS) is 16.4. The van der Waals surface area contributed by atoms with Crippen molar-refractivity contribution in [2.75, 3.05) is 43.5 Å². The molecule has 1 fully saturated rings. The van der Waals surface area contributed by atoms with Crippen LogP contribution >= 0.6 is 0 Å². The second-order valence-electron chi connectivity index (χ2n) is 8.65. The fraction of sp³-hybridized carbons (Fsp3) is 0.346. The van der Waals surface area contributed by atoms with Gasteiger partial charge in [0.25, 0.3) is 0 Å². The fourth-order valence-electron chi connectivity index (χ4n) is 4.40. The van der Waals surface area contributed by atoms with Crippen LogP contribution in [-0.4, -0.2) is 65.9 Å². The van der Waals surface area contributed by atoms with E-state index < -0.39 is 0 Å². The number of rotatable bonds is 6. The van der Waals surface area contributed by atoms with Crippen LogP contribution in [0.15, 0.2) is 54.6 Å². The Hall–Kier alpha value is -3.65. The second kappa shape index (κ2) is 10.1. The van der Waals surface area contributed by atoms with E-state index in [0.29, 0.717) is 12.1 Å². The van der Waals surface area contributed by atoms with Crippen LogP contribution in [0.1, 0.15) is 28.7 Å². The second-order valence-corrected chi connectivity index (χ2v) is 8.65. The molecule has 4 rings (SSSR count). The molecule has 178 valence electrons. The lowest BCUT2D eigenvalue weighted by Gasteiger charge is -2.40. The molecular weight excluding hydrogens is 430 g/mol. The van der Waals surface area contributed by atoms with Gasteiger partial charge in [0.1, 0.15) is 0 Å². The van der Waals surface area contributed by atoms with Crippen molar-refractivity contribution in [1.29, 1.82) is 0 Å². The highest BCUT2D eigenvalue weighted by Crippen LogP contribution is 2.24. The first-order valence-corrected chi connectivity index (χ1v) is 11.5. The minimum atomic E-state index is -0.337. The maximum atomic E-state index is 12.9. The minimum Gasteiger partial charge on any atom is -0.465 e. The Morgan fingerprint density at radius 1 is 1.03 bits per heavy atom. The molecule has 0 spiro atoms. The molecule has 1 aliphatic rings. The van der Waals surface area contributed by atoms with Gasteiger partial charge in [0.15, 0.2) is 0 Å². The zero-order chi connectivity index (χ0) is 24.2. The van der Waals surface area contributed by atoms with Crippen LogP contribution in [0.4, 0.5) is 11.4 Å². The molecular formula is C26H31N5O3. The first-order chi connectivity index (χ1) is 16.4. The van der Waals surface area contributed by atoms with Crippen LogP contribution in [0, 0.1) is 13.8 Å². The summed E-state index contributed by atoms with van der Waals surface area (Å²) in [7, 11) is 1.38. The fourth-order valence-corrected chi connectivity index (χ4v) is 4.40. The molecule has 1 aliphatic heterocycles. The molecule has 1 unspecified atom stereocenters. The number of aryl methyl sites for hydroxylation is 1. The van der Waals surface area contributed by atoms with E-state index in [-0.39, 0.29) is 17.9 Å². The summed E-state index contributed by atoms with van der Waals surface area (Å²) in [5.74, 6) is -0.378. The van der Waals surface area contributed by atoms with E-state index in [1.807, 2.05) is 61.0 Å². The monoisotopic (exact) mass is 461 g/mol. The minimum absolute atomic E-state index is 0.0402. The quantitative estimate of drug-likeness (QED) is 0.567. The maximum absolute atomic E-state index is 12.9. The Morgan fingerprint density at radius 2 is 1.74 bits per heavy atom. The van der Waals surface area contributed by atoms with Gasteiger partial charge in [-0.25, -0.2) is 9.48 Å². The molecule has 1 N–H and O–H groups in total. The first-order valence-electron chi connectivity index (χ1n) is 11.5. The number of carbonyl (C=O) groups is 2. The molecule has 0 saturated carbocycles. The lowest BCUT2D eigenvalue weighted by Crippen LogP contribution is -2.53. The van der Waals surface area contributed by atoms with Crippen molar-refractivity contribution >= 4 is 23.3 Å².